The molecule has 178 valence electrons. The van der Waals surface area contributed by atoms with Crippen LogP contribution >= 0.6 is 0 Å². The number of fused-ring (bicyclic) bond motifs is 1. The minimum Gasteiger partial charge on any atom is -0.490 e. The van der Waals surface area contributed by atoms with Gasteiger partial charge in [0.25, 0.3) is 5.91 Å². The number of hydrogen-bond donors (Lipinski definition) is 2. The predicted octanol–water partition coefficient (Wildman–Crippen LogP) is 3.17. The molecule has 0 saturated heterocycles. The van der Waals surface area contributed by atoms with E-state index in [9.17, 15) is 28.3 Å². The fourth-order valence-corrected chi connectivity index (χ4v) is 3.66. The average Bonchev–Trinajstić information content (AvgIpc) is 3.22. The average molecular weight is 482 g/mol. The molecule has 1 heterocycles. The first-order valence-corrected chi connectivity index (χ1v) is 10.4. The molecule has 0 saturated carbocycles. The maximum absolute atomic E-state index is 12.5. The van der Waals surface area contributed by atoms with Crippen LogP contribution in [0.2, 0.25) is 0 Å². The first-order valence-electron chi connectivity index (χ1n) is 10.4. The third kappa shape index (κ3) is 5.74. The van der Waals surface area contributed by atoms with E-state index in [1.165, 1.54) is 0 Å². The van der Waals surface area contributed by atoms with Crippen molar-refractivity contribution in [2.45, 2.75) is 19.0 Å². The number of carbonyl (C=O) groups is 1. The third-order valence-electron chi connectivity index (χ3n) is 5.22. The summed E-state index contributed by atoms with van der Waals surface area (Å²) >= 11 is 0. The van der Waals surface area contributed by atoms with Gasteiger partial charge in [-0.1, -0.05) is 36.4 Å². The molecular weight excluding hydrogens is 464 g/mol. The molecule has 4 rings (SSSR count). The molecule has 3 aromatic rings. The molecule has 0 fully saturated rings. The number of rotatable bonds is 7. The van der Waals surface area contributed by atoms with E-state index in [-0.39, 0.29) is 18.8 Å². The Kier molecular flexibility index (Phi) is 6.96. The second kappa shape index (κ2) is 10.1. The summed E-state index contributed by atoms with van der Waals surface area (Å²) in [5, 5.41) is 22.3. The summed E-state index contributed by atoms with van der Waals surface area (Å²) < 4.78 is 51.9. The highest BCUT2D eigenvalue weighted by Gasteiger charge is 2.33. The van der Waals surface area contributed by atoms with Crippen LogP contribution in [0.25, 0.3) is 11.1 Å². The summed E-state index contributed by atoms with van der Waals surface area (Å²) in [5.74, 6) is -0.743. The van der Waals surface area contributed by atoms with Crippen molar-refractivity contribution in [1.29, 1.82) is 5.26 Å². The molecule has 11 heteroatoms. The van der Waals surface area contributed by atoms with Gasteiger partial charge in [-0.25, -0.2) is 0 Å². The molecule has 0 aromatic heterocycles. The Morgan fingerprint density at radius 2 is 1.86 bits per heavy atom. The summed E-state index contributed by atoms with van der Waals surface area (Å²) in [6.07, 6.45) is -4.84. The van der Waals surface area contributed by atoms with Gasteiger partial charge < -0.3 is 24.5 Å². The molecule has 35 heavy (non-hydrogen) atoms. The zero-order chi connectivity index (χ0) is 25.0. The number of nitrogens with zero attached hydrogens (tertiary/aromatic N) is 1. The molecule has 2 N–H and O–H groups in total. The molecule has 1 amide bonds. The Hall–Kier alpha value is -4.01. The topological polar surface area (TPSA) is 101 Å². The zero-order valence-electron chi connectivity index (χ0n) is 18.1. The van der Waals surface area contributed by atoms with E-state index in [0.29, 0.717) is 16.8 Å². The molecule has 0 bridgehead atoms. The van der Waals surface area contributed by atoms with Gasteiger partial charge >= 0.3 is 13.5 Å². The highest BCUT2D eigenvalue weighted by molar-refractivity contribution is 6.63. The van der Waals surface area contributed by atoms with E-state index in [1.807, 2.05) is 36.4 Å². The van der Waals surface area contributed by atoms with Crippen molar-refractivity contribution in [3.05, 3.63) is 77.9 Å². The maximum Gasteiger partial charge on any atom is 0.573 e. The van der Waals surface area contributed by atoms with Crippen LogP contribution in [0.4, 0.5) is 13.2 Å². The lowest BCUT2D eigenvalue weighted by molar-refractivity contribution is -0.274. The lowest BCUT2D eigenvalue weighted by atomic mass is 9.74. The number of hydrogen-bond acceptors (Lipinski definition) is 6. The van der Waals surface area contributed by atoms with Crippen LogP contribution in [-0.2, 0) is 11.3 Å². The van der Waals surface area contributed by atoms with Crippen molar-refractivity contribution in [3.63, 3.8) is 0 Å². The van der Waals surface area contributed by atoms with Gasteiger partial charge in [0.1, 0.15) is 18.1 Å². The summed E-state index contributed by atoms with van der Waals surface area (Å²) in [6, 6.07) is 17.9. The smallest absolute Gasteiger partial charge is 0.490 e. The van der Waals surface area contributed by atoms with Crippen molar-refractivity contribution >= 4 is 18.5 Å². The third-order valence-corrected chi connectivity index (χ3v) is 5.22. The Balaban J connectivity index is 1.48. The molecule has 1 atom stereocenters. The summed E-state index contributed by atoms with van der Waals surface area (Å²) in [5.41, 5.74) is 2.83. The molecule has 0 aliphatic carbocycles. The highest BCUT2D eigenvalue weighted by atomic mass is 19.4. The minimum absolute atomic E-state index is 0.0440. The Morgan fingerprint density at radius 1 is 1.14 bits per heavy atom. The Labute approximate surface area is 198 Å². The van der Waals surface area contributed by atoms with Gasteiger partial charge in [-0.05, 0) is 46.9 Å². The second-order valence-electron chi connectivity index (χ2n) is 7.58. The van der Waals surface area contributed by atoms with E-state index in [1.54, 1.807) is 12.1 Å². The van der Waals surface area contributed by atoms with E-state index in [0.717, 1.165) is 35.4 Å². The SMILES string of the molecule is N#CC(COc1ccc2c(c1-c1ccccc1)B(O)OC2)NC(=O)c1ccc(OC(F)(F)F)cc1. The van der Waals surface area contributed by atoms with Gasteiger partial charge in [-0.2, -0.15) is 5.26 Å². The highest BCUT2D eigenvalue weighted by Crippen LogP contribution is 2.32. The number of alkyl halides is 3. The Morgan fingerprint density at radius 3 is 2.51 bits per heavy atom. The van der Waals surface area contributed by atoms with Crippen LogP contribution in [-0.4, -0.2) is 37.1 Å². The van der Waals surface area contributed by atoms with Crippen molar-refractivity contribution in [2.24, 2.45) is 0 Å². The van der Waals surface area contributed by atoms with Crippen LogP contribution in [0.15, 0.2) is 66.7 Å². The molecule has 1 unspecified atom stereocenters. The van der Waals surface area contributed by atoms with Gasteiger partial charge in [0.2, 0.25) is 0 Å². The lowest BCUT2D eigenvalue weighted by Crippen LogP contribution is -2.38. The lowest BCUT2D eigenvalue weighted by Gasteiger charge is -2.18. The number of carbonyl (C=O) groups excluding carboxylic acids is 1. The monoisotopic (exact) mass is 482 g/mol. The predicted molar refractivity (Wildman–Crippen MR) is 120 cm³/mol. The van der Waals surface area contributed by atoms with Gasteiger partial charge in [0.15, 0.2) is 6.04 Å². The van der Waals surface area contributed by atoms with Crippen LogP contribution < -0.4 is 20.3 Å². The maximum atomic E-state index is 12.5. The van der Waals surface area contributed by atoms with E-state index in [4.69, 9.17) is 9.39 Å². The van der Waals surface area contributed by atoms with Crippen molar-refractivity contribution in [3.8, 4) is 28.7 Å². The summed E-state index contributed by atoms with van der Waals surface area (Å²) in [7, 11) is -1.13. The number of nitriles is 1. The van der Waals surface area contributed by atoms with E-state index < -0.39 is 31.2 Å². The molecule has 1 aliphatic rings. The number of amides is 1. The molecule has 3 aromatic carbocycles. The van der Waals surface area contributed by atoms with Crippen LogP contribution in [0.1, 0.15) is 15.9 Å². The largest absolute Gasteiger partial charge is 0.573 e. The standard InChI is InChI=1S/C24H18BF3N2O5/c26-24(27,28)35-19-9-6-16(7-10-19)23(31)30-18(12-29)14-33-20-11-8-17-13-34-25(32)22(17)21(20)15-4-2-1-3-5-15/h1-11,18,32H,13-14H2,(H,30,31). The molecule has 0 spiro atoms. The van der Waals surface area contributed by atoms with Gasteiger partial charge in [-0.15, -0.1) is 13.2 Å². The number of halogens is 3. The Bertz CT molecular complexity index is 1250. The quantitative estimate of drug-likeness (QED) is 0.502. The van der Waals surface area contributed by atoms with Gasteiger partial charge in [-0.3, -0.25) is 4.79 Å². The normalized spacial score (nSPS) is 13.5. The molecule has 7 nitrogen and oxygen atoms in total. The van der Waals surface area contributed by atoms with Crippen LogP contribution in [0.5, 0.6) is 11.5 Å². The molecular formula is C24H18BF3N2O5. The van der Waals surface area contributed by atoms with Crippen molar-refractivity contribution in [1.82, 2.24) is 5.32 Å². The van der Waals surface area contributed by atoms with E-state index in [2.05, 4.69) is 10.1 Å². The summed E-state index contributed by atoms with van der Waals surface area (Å²) in [4.78, 5) is 12.5. The summed E-state index contributed by atoms with van der Waals surface area (Å²) in [6.45, 7) is 0.0351. The first kappa shape index (κ1) is 24.1. The zero-order valence-corrected chi connectivity index (χ0v) is 18.1. The van der Waals surface area contributed by atoms with Crippen LogP contribution in [0.3, 0.4) is 0 Å². The molecule has 1 aliphatic heterocycles. The molecule has 0 radical (unpaired) electrons. The van der Waals surface area contributed by atoms with Crippen molar-refractivity contribution < 1.29 is 37.1 Å². The second-order valence-corrected chi connectivity index (χ2v) is 7.58. The van der Waals surface area contributed by atoms with E-state index >= 15 is 0 Å². The fraction of sp³-hybridized carbons (Fsp3) is 0.167. The van der Waals surface area contributed by atoms with Gasteiger partial charge in [0.05, 0.1) is 12.7 Å². The fourth-order valence-electron chi connectivity index (χ4n) is 3.66. The van der Waals surface area contributed by atoms with Crippen molar-refractivity contribution in [2.75, 3.05) is 6.61 Å². The number of ether oxygens (including phenoxy) is 2. The van der Waals surface area contributed by atoms with Gasteiger partial charge in [0, 0.05) is 11.1 Å². The number of nitrogens with one attached hydrogen (secondary N) is 1. The number of benzene rings is 3. The minimum atomic E-state index is -4.84. The first-order chi connectivity index (χ1) is 16.7. The van der Waals surface area contributed by atoms with Crippen LogP contribution in [0, 0.1) is 11.3 Å².